The Morgan fingerprint density at radius 3 is 2.70 bits per heavy atom. The van der Waals surface area contributed by atoms with Crippen LogP contribution < -0.4 is 0 Å². The van der Waals surface area contributed by atoms with Gasteiger partial charge in [-0.2, -0.15) is 0 Å². The van der Waals surface area contributed by atoms with Crippen LogP contribution in [0.5, 0.6) is 0 Å². The van der Waals surface area contributed by atoms with Crippen molar-refractivity contribution in [2.24, 2.45) is 28.6 Å². The van der Waals surface area contributed by atoms with Crippen molar-refractivity contribution in [3.8, 4) is 0 Å². The Balaban J connectivity index is 1.46. The number of fused-ring (bicyclic) bond motifs is 5. The summed E-state index contributed by atoms with van der Waals surface area (Å²) in [5, 5.41) is 11.0. The highest BCUT2D eigenvalue weighted by Crippen LogP contribution is 2.65. The average Bonchev–Trinajstić information content (AvgIpc) is 3.03. The number of aliphatic hydroxyl groups excluding tert-OH is 1. The van der Waals surface area contributed by atoms with Crippen LogP contribution in [0.3, 0.4) is 0 Å². The number of ether oxygens (including phenoxy) is 1. The first-order valence-corrected chi connectivity index (χ1v) is 12.4. The Labute approximate surface area is 181 Å². The number of esters is 1. The molecule has 7 atom stereocenters. The minimum absolute atomic E-state index is 0.0215. The van der Waals surface area contributed by atoms with Crippen LogP contribution in [0.25, 0.3) is 0 Å². The number of rotatable bonds is 6. The molecule has 0 aliphatic heterocycles. The maximum atomic E-state index is 12.5. The van der Waals surface area contributed by atoms with Crippen LogP contribution in [-0.2, 0) is 14.3 Å². The molecule has 0 saturated heterocycles. The van der Waals surface area contributed by atoms with E-state index in [9.17, 15) is 14.7 Å². The Morgan fingerprint density at radius 2 is 1.93 bits per heavy atom. The van der Waals surface area contributed by atoms with Gasteiger partial charge in [-0.3, -0.25) is 9.59 Å². The van der Waals surface area contributed by atoms with Crippen LogP contribution in [0.1, 0.15) is 97.8 Å². The van der Waals surface area contributed by atoms with E-state index in [-0.39, 0.29) is 28.7 Å². The predicted octanol–water partition coefficient (Wildman–Crippen LogP) is 5.37. The summed E-state index contributed by atoms with van der Waals surface area (Å²) in [6.45, 7) is 6.80. The van der Waals surface area contributed by atoms with Crippen molar-refractivity contribution in [2.45, 2.75) is 110 Å². The fraction of sp³-hybridized carbons (Fsp3) is 0.846. The number of carbonyl (C=O) groups excluding carboxylic acids is 2. The second kappa shape index (κ2) is 8.41. The van der Waals surface area contributed by atoms with Gasteiger partial charge in [0.15, 0.2) is 5.78 Å². The fourth-order valence-corrected chi connectivity index (χ4v) is 7.67. The van der Waals surface area contributed by atoms with E-state index in [0.29, 0.717) is 30.6 Å². The van der Waals surface area contributed by atoms with Gasteiger partial charge in [-0.05, 0) is 79.8 Å². The van der Waals surface area contributed by atoms with Gasteiger partial charge in [-0.1, -0.05) is 40.0 Å². The van der Waals surface area contributed by atoms with E-state index in [4.69, 9.17) is 4.74 Å². The summed E-state index contributed by atoms with van der Waals surface area (Å²) in [5.74, 6) is 1.64. The lowest BCUT2D eigenvalue weighted by Gasteiger charge is -2.58. The molecule has 3 saturated carbocycles. The van der Waals surface area contributed by atoms with Gasteiger partial charge in [0.25, 0.3) is 0 Å². The lowest BCUT2D eigenvalue weighted by molar-refractivity contribution is -0.161. The van der Waals surface area contributed by atoms with Gasteiger partial charge < -0.3 is 9.84 Å². The maximum absolute atomic E-state index is 12.5. The van der Waals surface area contributed by atoms with E-state index in [1.165, 1.54) is 12.8 Å². The molecule has 4 aliphatic carbocycles. The summed E-state index contributed by atoms with van der Waals surface area (Å²) in [5.41, 5.74) is 0.977. The molecule has 0 aromatic rings. The van der Waals surface area contributed by atoms with E-state index in [0.717, 1.165) is 56.9 Å². The first-order valence-electron chi connectivity index (χ1n) is 12.4. The van der Waals surface area contributed by atoms with Crippen LogP contribution in [-0.4, -0.2) is 29.1 Å². The molecule has 0 heterocycles. The molecule has 4 nitrogen and oxygen atoms in total. The highest BCUT2D eigenvalue weighted by Gasteiger charge is 2.61. The fourth-order valence-electron chi connectivity index (χ4n) is 7.67. The molecule has 0 radical (unpaired) electrons. The molecule has 4 heteroatoms. The van der Waals surface area contributed by atoms with E-state index in [1.807, 2.05) is 0 Å². The first kappa shape index (κ1) is 22.0. The molecule has 4 rings (SSSR count). The Kier molecular flexibility index (Phi) is 6.18. The molecule has 0 aromatic heterocycles. The molecule has 0 spiro atoms. The summed E-state index contributed by atoms with van der Waals surface area (Å²) in [4.78, 5) is 24.5. The zero-order valence-corrected chi connectivity index (χ0v) is 19.1. The molecule has 0 bridgehead atoms. The largest absolute Gasteiger partial charge is 0.462 e. The van der Waals surface area contributed by atoms with E-state index < -0.39 is 6.10 Å². The van der Waals surface area contributed by atoms with Crippen LogP contribution in [0.15, 0.2) is 11.6 Å². The third-order valence-corrected chi connectivity index (χ3v) is 9.40. The second-order valence-electron chi connectivity index (χ2n) is 11.0. The normalized spacial score (nSPS) is 42.7. The molecule has 4 aliphatic rings. The van der Waals surface area contributed by atoms with Crippen molar-refractivity contribution < 1.29 is 19.4 Å². The summed E-state index contributed by atoms with van der Waals surface area (Å²) in [6, 6.07) is 0. The number of unbranched alkanes of at least 4 members (excludes halogenated alkanes) is 3. The zero-order chi connectivity index (χ0) is 21.5. The van der Waals surface area contributed by atoms with Crippen LogP contribution in [0.2, 0.25) is 0 Å². The van der Waals surface area contributed by atoms with E-state index in [1.54, 1.807) is 6.08 Å². The topological polar surface area (TPSA) is 63.6 Å². The standard InChI is InChI=1S/C26H40O4/c1-4-5-6-7-8-24(29)30-23-10-9-19-18-16-22(28)21-15-17(27)11-13-25(21,2)20(18)12-14-26(19,23)3/h15,18-20,22-23,28H,4-14,16H2,1-3H3. The Morgan fingerprint density at radius 1 is 1.13 bits per heavy atom. The summed E-state index contributed by atoms with van der Waals surface area (Å²) in [6.07, 6.45) is 12.7. The molecule has 168 valence electrons. The number of aliphatic hydroxyl groups is 1. The lowest BCUT2D eigenvalue weighted by atomic mass is 9.47. The molecule has 0 amide bonds. The Bertz CT molecular complexity index is 712. The van der Waals surface area contributed by atoms with E-state index >= 15 is 0 Å². The van der Waals surface area contributed by atoms with Gasteiger partial charge in [0.1, 0.15) is 6.10 Å². The molecular formula is C26H40O4. The second-order valence-corrected chi connectivity index (χ2v) is 11.0. The SMILES string of the molecule is CCCCCCC(=O)OC1CCC2C3CC(O)C4=CC(=O)CCC4(C)C3CCC12C. The number of hydrogen-bond donors (Lipinski definition) is 1. The van der Waals surface area contributed by atoms with Gasteiger partial charge in [0, 0.05) is 18.3 Å². The monoisotopic (exact) mass is 416 g/mol. The molecule has 0 aromatic carbocycles. The van der Waals surface area contributed by atoms with Crippen molar-refractivity contribution in [1.29, 1.82) is 0 Å². The van der Waals surface area contributed by atoms with Crippen LogP contribution in [0.4, 0.5) is 0 Å². The van der Waals surface area contributed by atoms with Crippen molar-refractivity contribution in [3.63, 3.8) is 0 Å². The average molecular weight is 417 g/mol. The van der Waals surface area contributed by atoms with E-state index in [2.05, 4.69) is 20.8 Å². The minimum Gasteiger partial charge on any atom is -0.462 e. The summed E-state index contributed by atoms with van der Waals surface area (Å²) in [7, 11) is 0. The number of carbonyl (C=O) groups is 2. The lowest BCUT2D eigenvalue weighted by Crippen LogP contribution is -2.54. The predicted molar refractivity (Wildman–Crippen MR) is 117 cm³/mol. The van der Waals surface area contributed by atoms with Crippen molar-refractivity contribution in [3.05, 3.63) is 11.6 Å². The molecule has 1 N–H and O–H groups in total. The third kappa shape index (κ3) is 3.67. The first-order chi connectivity index (χ1) is 14.3. The summed E-state index contributed by atoms with van der Waals surface area (Å²) >= 11 is 0. The molecule has 30 heavy (non-hydrogen) atoms. The highest BCUT2D eigenvalue weighted by atomic mass is 16.5. The highest BCUT2D eigenvalue weighted by molar-refractivity contribution is 5.91. The quantitative estimate of drug-likeness (QED) is 0.467. The number of hydrogen-bond acceptors (Lipinski definition) is 4. The van der Waals surface area contributed by atoms with Crippen molar-refractivity contribution >= 4 is 11.8 Å². The third-order valence-electron chi connectivity index (χ3n) is 9.40. The van der Waals surface area contributed by atoms with Gasteiger partial charge in [0.05, 0.1) is 6.10 Å². The van der Waals surface area contributed by atoms with Crippen molar-refractivity contribution in [1.82, 2.24) is 0 Å². The van der Waals surface area contributed by atoms with Gasteiger partial charge in [0.2, 0.25) is 0 Å². The summed E-state index contributed by atoms with van der Waals surface area (Å²) < 4.78 is 6.06. The molecule has 3 fully saturated rings. The van der Waals surface area contributed by atoms with Gasteiger partial charge in [-0.25, -0.2) is 0 Å². The van der Waals surface area contributed by atoms with Crippen LogP contribution in [0, 0.1) is 28.6 Å². The van der Waals surface area contributed by atoms with Gasteiger partial charge in [-0.15, -0.1) is 0 Å². The van der Waals surface area contributed by atoms with Crippen molar-refractivity contribution in [2.75, 3.05) is 0 Å². The van der Waals surface area contributed by atoms with Crippen LogP contribution >= 0.6 is 0 Å². The minimum atomic E-state index is -0.497. The smallest absolute Gasteiger partial charge is 0.306 e. The van der Waals surface area contributed by atoms with Gasteiger partial charge >= 0.3 is 5.97 Å². The molecule has 7 unspecified atom stereocenters. The number of ketones is 1. The Hall–Kier alpha value is -1.16. The molecular weight excluding hydrogens is 376 g/mol. The zero-order valence-electron chi connectivity index (χ0n) is 19.1. The maximum Gasteiger partial charge on any atom is 0.306 e.